The maximum Gasteiger partial charge on any atom is 0.231 e. The summed E-state index contributed by atoms with van der Waals surface area (Å²) < 4.78 is 11.6. The molecular weight excluding hydrogens is 286 g/mol. The minimum atomic E-state index is 0.138. The van der Waals surface area contributed by atoms with Crippen LogP contribution in [-0.2, 0) is 6.54 Å². The SMILES string of the molecule is CCC(CO)NCc1cc(Br)c2c(c1)OCO2. The van der Waals surface area contributed by atoms with Gasteiger partial charge in [-0.3, -0.25) is 0 Å². The topological polar surface area (TPSA) is 50.7 Å². The molecule has 0 amide bonds. The molecule has 0 bridgehead atoms. The molecule has 0 spiro atoms. The zero-order chi connectivity index (χ0) is 12.3. The molecule has 1 aliphatic rings. The Labute approximate surface area is 109 Å². The quantitative estimate of drug-likeness (QED) is 0.874. The zero-order valence-corrected chi connectivity index (χ0v) is 11.3. The van der Waals surface area contributed by atoms with E-state index in [0.717, 1.165) is 28.0 Å². The van der Waals surface area contributed by atoms with Crippen molar-refractivity contribution in [2.75, 3.05) is 13.4 Å². The molecule has 0 radical (unpaired) electrons. The highest BCUT2D eigenvalue weighted by atomic mass is 79.9. The first-order valence-electron chi connectivity index (χ1n) is 5.66. The molecule has 1 aromatic carbocycles. The highest BCUT2D eigenvalue weighted by molar-refractivity contribution is 9.10. The number of hydrogen-bond donors (Lipinski definition) is 2. The second-order valence-electron chi connectivity index (χ2n) is 3.98. The molecule has 1 atom stereocenters. The van der Waals surface area contributed by atoms with Crippen LogP contribution in [0.1, 0.15) is 18.9 Å². The smallest absolute Gasteiger partial charge is 0.231 e. The third kappa shape index (κ3) is 2.91. The largest absolute Gasteiger partial charge is 0.454 e. The number of aliphatic hydroxyl groups excluding tert-OH is 1. The fourth-order valence-electron chi connectivity index (χ4n) is 1.72. The lowest BCUT2D eigenvalue weighted by molar-refractivity contribution is 0.173. The van der Waals surface area contributed by atoms with Gasteiger partial charge in [0.1, 0.15) is 0 Å². The minimum absolute atomic E-state index is 0.138. The van der Waals surface area contributed by atoms with E-state index in [1.54, 1.807) is 0 Å². The van der Waals surface area contributed by atoms with E-state index in [-0.39, 0.29) is 19.4 Å². The molecule has 0 saturated heterocycles. The normalized spacial score (nSPS) is 15.0. The molecule has 0 fully saturated rings. The van der Waals surface area contributed by atoms with E-state index < -0.39 is 0 Å². The number of benzene rings is 1. The standard InChI is InChI=1S/C12H16BrNO3/c1-2-9(6-15)14-5-8-3-10(13)12-11(4-8)16-7-17-12/h3-4,9,14-15H,2,5-7H2,1H3. The van der Waals surface area contributed by atoms with Crippen LogP contribution in [-0.4, -0.2) is 24.5 Å². The molecule has 1 aliphatic heterocycles. The van der Waals surface area contributed by atoms with Gasteiger partial charge >= 0.3 is 0 Å². The van der Waals surface area contributed by atoms with E-state index in [2.05, 4.69) is 21.2 Å². The lowest BCUT2D eigenvalue weighted by Crippen LogP contribution is -2.31. The van der Waals surface area contributed by atoms with Gasteiger partial charge in [0, 0.05) is 12.6 Å². The summed E-state index contributed by atoms with van der Waals surface area (Å²) in [5.41, 5.74) is 1.10. The number of fused-ring (bicyclic) bond motifs is 1. The Morgan fingerprint density at radius 1 is 1.47 bits per heavy atom. The molecule has 94 valence electrons. The summed E-state index contributed by atoms with van der Waals surface area (Å²) in [6.45, 7) is 3.18. The number of rotatable bonds is 5. The summed E-state index contributed by atoms with van der Waals surface area (Å²) in [5.74, 6) is 1.54. The van der Waals surface area contributed by atoms with Gasteiger partial charge in [-0.15, -0.1) is 0 Å². The number of nitrogens with one attached hydrogen (secondary N) is 1. The number of hydrogen-bond acceptors (Lipinski definition) is 4. The van der Waals surface area contributed by atoms with Crippen molar-refractivity contribution in [3.05, 3.63) is 22.2 Å². The first-order chi connectivity index (χ1) is 8.24. The van der Waals surface area contributed by atoms with Crippen molar-refractivity contribution in [2.24, 2.45) is 0 Å². The van der Waals surface area contributed by atoms with Crippen molar-refractivity contribution in [2.45, 2.75) is 25.9 Å². The molecule has 17 heavy (non-hydrogen) atoms. The molecule has 0 aromatic heterocycles. The van der Waals surface area contributed by atoms with Crippen LogP contribution in [0.4, 0.5) is 0 Å². The van der Waals surface area contributed by atoms with Crippen molar-refractivity contribution in [3.8, 4) is 11.5 Å². The van der Waals surface area contributed by atoms with Crippen LogP contribution in [0, 0.1) is 0 Å². The highest BCUT2D eigenvalue weighted by Crippen LogP contribution is 2.39. The monoisotopic (exact) mass is 301 g/mol. The number of halogens is 1. The summed E-state index contributed by atoms with van der Waals surface area (Å²) >= 11 is 3.46. The maximum absolute atomic E-state index is 9.10. The molecule has 2 N–H and O–H groups in total. The van der Waals surface area contributed by atoms with Crippen LogP contribution in [0.25, 0.3) is 0 Å². The average molecular weight is 302 g/mol. The fraction of sp³-hybridized carbons (Fsp3) is 0.500. The fourth-order valence-corrected chi connectivity index (χ4v) is 2.33. The summed E-state index contributed by atoms with van der Waals surface area (Å²) in [6.07, 6.45) is 0.905. The van der Waals surface area contributed by atoms with Crippen LogP contribution < -0.4 is 14.8 Å². The van der Waals surface area contributed by atoms with Gasteiger partial charge in [0.25, 0.3) is 0 Å². The predicted molar refractivity (Wildman–Crippen MR) is 68.3 cm³/mol. The summed E-state index contributed by atoms with van der Waals surface area (Å²) in [6, 6.07) is 4.11. The van der Waals surface area contributed by atoms with Gasteiger partial charge in [0.05, 0.1) is 11.1 Å². The Kier molecular flexibility index (Phi) is 4.25. The molecule has 0 saturated carbocycles. The van der Waals surface area contributed by atoms with Crippen molar-refractivity contribution < 1.29 is 14.6 Å². The molecule has 0 aliphatic carbocycles. The minimum Gasteiger partial charge on any atom is -0.454 e. The maximum atomic E-state index is 9.10. The number of ether oxygens (including phenoxy) is 2. The second-order valence-corrected chi connectivity index (χ2v) is 4.83. The van der Waals surface area contributed by atoms with Gasteiger partial charge in [-0.25, -0.2) is 0 Å². The van der Waals surface area contributed by atoms with E-state index in [1.807, 2.05) is 19.1 Å². The van der Waals surface area contributed by atoms with Crippen LogP contribution in [0.3, 0.4) is 0 Å². The second kappa shape index (κ2) is 5.71. The van der Waals surface area contributed by atoms with Crippen molar-refractivity contribution in [1.29, 1.82) is 0 Å². The Hall–Kier alpha value is -0.780. The van der Waals surface area contributed by atoms with Crippen molar-refractivity contribution in [3.63, 3.8) is 0 Å². The molecular formula is C12H16BrNO3. The zero-order valence-electron chi connectivity index (χ0n) is 9.70. The van der Waals surface area contributed by atoms with Gasteiger partial charge < -0.3 is 19.9 Å². The average Bonchev–Trinajstić information content (AvgIpc) is 2.79. The van der Waals surface area contributed by atoms with Crippen LogP contribution >= 0.6 is 15.9 Å². The Bertz CT molecular complexity index is 394. The van der Waals surface area contributed by atoms with E-state index in [1.165, 1.54) is 0 Å². The predicted octanol–water partition coefficient (Wildman–Crippen LogP) is 2.04. The Morgan fingerprint density at radius 2 is 2.29 bits per heavy atom. The van der Waals surface area contributed by atoms with E-state index in [4.69, 9.17) is 14.6 Å². The van der Waals surface area contributed by atoms with E-state index in [9.17, 15) is 0 Å². The third-order valence-corrected chi connectivity index (χ3v) is 3.38. The summed E-state index contributed by atoms with van der Waals surface area (Å²) in [7, 11) is 0. The van der Waals surface area contributed by atoms with E-state index >= 15 is 0 Å². The molecule has 1 heterocycles. The summed E-state index contributed by atoms with van der Waals surface area (Å²) in [4.78, 5) is 0. The molecule has 2 rings (SSSR count). The lowest BCUT2D eigenvalue weighted by atomic mass is 10.1. The van der Waals surface area contributed by atoms with Gasteiger partial charge in [0.15, 0.2) is 11.5 Å². The molecule has 4 nitrogen and oxygen atoms in total. The molecule has 1 unspecified atom stereocenters. The van der Waals surface area contributed by atoms with Crippen LogP contribution in [0.15, 0.2) is 16.6 Å². The van der Waals surface area contributed by atoms with Gasteiger partial charge in [-0.1, -0.05) is 6.92 Å². The van der Waals surface area contributed by atoms with Crippen molar-refractivity contribution in [1.82, 2.24) is 5.32 Å². The Morgan fingerprint density at radius 3 is 3.00 bits per heavy atom. The van der Waals surface area contributed by atoms with Crippen LogP contribution in [0.2, 0.25) is 0 Å². The first kappa shape index (κ1) is 12.7. The lowest BCUT2D eigenvalue weighted by Gasteiger charge is -2.14. The molecule has 5 heteroatoms. The van der Waals surface area contributed by atoms with Crippen LogP contribution in [0.5, 0.6) is 11.5 Å². The van der Waals surface area contributed by atoms with Gasteiger partial charge in [0.2, 0.25) is 6.79 Å². The van der Waals surface area contributed by atoms with Gasteiger partial charge in [-0.2, -0.15) is 0 Å². The highest BCUT2D eigenvalue weighted by Gasteiger charge is 2.18. The third-order valence-electron chi connectivity index (χ3n) is 2.80. The van der Waals surface area contributed by atoms with Crippen molar-refractivity contribution >= 4 is 15.9 Å². The molecule has 1 aromatic rings. The Balaban J connectivity index is 2.05. The summed E-state index contributed by atoms with van der Waals surface area (Å²) in [5, 5.41) is 12.4. The van der Waals surface area contributed by atoms with Gasteiger partial charge in [-0.05, 0) is 40.0 Å². The number of aliphatic hydroxyl groups is 1. The first-order valence-corrected chi connectivity index (χ1v) is 6.46. The van der Waals surface area contributed by atoms with E-state index in [0.29, 0.717) is 6.54 Å².